The number of nitrogens with zero attached hydrogens (tertiary/aromatic N) is 2. The lowest BCUT2D eigenvalue weighted by Crippen LogP contribution is -2.41. The first-order valence-corrected chi connectivity index (χ1v) is 19.0. The monoisotopic (exact) mass is 620 g/mol. The molecule has 1 heterocycles. The molecule has 0 bridgehead atoms. The zero-order valence-corrected chi connectivity index (χ0v) is 29.5. The average Bonchev–Trinajstić information content (AvgIpc) is 3.80. The van der Waals surface area contributed by atoms with E-state index in [0.29, 0.717) is 48.5 Å². The van der Waals surface area contributed by atoms with Gasteiger partial charge in [-0.3, -0.25) is 4.90 Å². The number of pyridine rings is 1. The quantitative estimate of drug-likeness (QED) is 0.168. The van der Waals surface area contributed by atoms with Crippen LogP contribution >= 0.6 is 0 Å². The number of methoxy groups -OCH3 is 1. The van der Waals surface area contributed by atoms with Crippen molar-refractivity contribution >= 4 is 8.32 Å². The summed E-state index contributed by atoms with van der Waals surface area (Å²) in [5.41, 5.74) is 4.78. The van der Waals surface area contributed by atoms with Gasteiger partial charge in [0.05, 0.1) is 13.3 Å². The van der Waals surface area contributed by atoms with Gasteiger partial charge in [-0.25, -0.2) is 9.37 Å². The molecule has 7 heteroatoms. The maximum absolute atomic E-state index is 15.1. The van der Waals surface area contributed by atoms with E-state index >= 15 is 4.39 Å². The highest BCUT2D eigenvalue weighted by atomic mass is 28.4. The van der Waals surface area contributed by atoms with Gasteiger partial charge in [0.25, 0.3) is 0 Å². The third-order valence-electron chi connectivity index (χ3n) is 9.49. The summed E-state index contributed by atoms with van der Waals surface area (Å²) in [5.74, 6) is 1.89. The summed E-state index contributed by atoms with van der Waals surface area (Å²) in [7, 11) is -0.278. The van der Waals surface area contributed by atoms with E-state index in [1.54, 1.807) is 13.2 Å². The van der Waals surface area contributed by atoms with Crippen LogP contribution in [0.4, 0.5) is 4.39 Å². The molecule has 1 atom stereocenters. The van der Waals surface area contributed by atoms with Crippen LogP contribution in [0.1, 0.15) is 83.9 Å². The molecule has 0 radical (unpaired) electrons. The molecular formula is C37H53FN2O3Si. The molecule has 1 fully saturated rings. The van der Waals surface area contributed by atoms with E-state index in [-0.39, 0.29) is 10.9 Å². The Balaban J connectivity index is 1.57. The highest BCUT2D eigenvalue weighted by molar-refractivity contribution is 6.74. The number of benzene rings is 2. The second-order valence-corrected chi connectivity index (χ2v) is 19.2. The van der Waals surface area contributed by atoms with Crippen molar-refractivity contribution in [2.45, 2.75) is 111 Å². The van der Waals surface area contributed by atoms with Crippen LogP contribution in [0.15, 0.2) is 54.7 Å². The minimum atomic E-state index is -1.82. The van der Waals surface area contributed by atoms with Crippen LogP contribution in [-0.2, 0) is 17.6 Å². The fourth-order valence-corrected chi connectivity index (χ4v) is 6.58. The van der Waals surface area contributed by atoms with Crippen molar-refractivity contribution in [1.29, 1.82) is 0 Å². The molecule has 4 rings (SSSR count). The minimum Gasteiger partial charge on any atom is -0.489 e. The van der Waals surface area contributed by atoms with Gasteiger partial charge in [-0.15, -0.1) is 0 Å². The van der Waals surface area contributed by atoms with E-state index in [1.807, 2.05) is 12.1 Å². The molecule has 1 aliphatic rings. The molecule has 0 saturated heterocycles. The van der Waals surface area contributed by atoms with Crippen LogP contribution in [-0.4, -0.2) is 44.0 Å². The van der Waals surface area contributed by atoms with Crippen LogP contribution in [0.3, 0.4) is 0 Å². The summed E-state index contributed by atoms with van der Waals surface area (Å²) in [4.78, 5) is 6.44. The lowest BCUT2D eigenvalue weighted by atomic mass is 9.94. The molecule has 3 aromatic rings. The van der Waals surface area contributed by atoms with E-state index < -0.39 is 8.32 Å². The third kappa shape index (κ3) is 8.49. The molecule has 5 nitrogen and oxygen atoms in total. The maximum Gasteiger partial charge on any atom is 0.213 e. The van der Waals surface area contributed by atoms with Crippen LogP contribution in [0, 0.1) is 11.7 Å². The average molecular weight is 621 g/mol. The molecule has 1 saturated carbocycles. The summed E-state index contributed by atoms with van der Waals surface area (Å²) in [6.07, 6.45) is 3.77. The van der Waals surface area contributed by atoms with Crippen molar-refractivity contribution in [2.75, 3.05) is 13.7 Å². The SMILES string of the molecule is COc1cc(-c2ccc(OCc3cccc(C(CO[Si](C)(C)C(C)(C)C)C4CC4)c3)cc2CN(C(C)C)C(C)C)c(F)cn1. The molecule has 1 aromatic heterocycles. The highest BCUT2D eigenvalue weighted by Gasteiger charge is 2.40. The third-order valence-corrected chi connectivity index (χ3v) is 14.0. The van der Waals surface area contributed by atoms with Gasteiger partial charge in [0.15, 0.2) is 8.32 Å². The summed E-state index contributed by atoms with van der Waals surface area (Å²) in [6.45, 7) is 22.2. The van der Waals surface area contributed by atoms with Crippen molar-refractivity contribution in [3.8, 4) is 22.8 Å². The van der Waals surface area contributed by atoms with Crippen LogP contribution < -0.4 is 9.47 Å². The fraction of sp³-hybridized carbons (Fsp3) is 0.541. The Morgan fingerprint density at radius 2 is 1.68 bits per heavy atom. The molecule has 0 N–H and O–H groups in total. The predicted molar refractivity (Wildman–Crippen MR) is 181 cm³/mol. The van der Waals surface area contributed by atoms with Crippen molar-refractivity contribution in [1.82, 2.24) is 9.88 Å². The first-order chi connectivity index (χ1) is 20.7. The smallest absolute Gasteiger partial charge is 0.213 e. The summed E-state index contributed by atoms with van der Waals surface area (Å²) >= 11 is 0. The molecule has 1 aliphatic carbocycles. The molecular weight excluding hydrogens is 568 g/mol. The van der Waals surface area contributed by atoms with Crippen molar-refractivity contribution < 1.29 is 18.3 Å². The summed E-state index contributed by atoms with van der Waals surface area (Å²) in [5, 5.41) is 0.196. The number of ether oxygens (including phenoxy) is 2. The lowest BCUT2D eigenvalue weighted by Gasteiger charge is -2.37. The van der Waals surface area contributed by atoms with Crippen LogP contribution in [0.25, 0.3) is 11.1 Å². The number of hydrogen-bond acceptors (Lipinski definition) is 5. The first-order valence-electron chi connectivity index (χ1n) is 16.1. The van der Waals surface area contributed by atoms with Crippen molar-refractivity contribution in [2.24, 2.45) is 5.92 Å². The Bertz CT molecular complexity index is 1390. The molecule has 0 spiro atoms. The molecule has 0 amide bonds. The second-order valence-electron chi connectivity index (χ2n) is 14.4. The Labute approximate surface area is 266 Å². The Morgan fingerprint density at radius 3 is 2.30 bits per heavy atom. The Hall–Kier alpha value is -2.74. The standard InChI is InChI=1S/C37H53FN2O3Si/c1-25(2)40(26(3)4)22-30-19-31(16-17-32(30)33-20-36(41-8)39-21-35(33)38)42-23-27-12-11-13-29(18-27)34(28-14-15-28)24-43-44(9,10)37(5,6)7/h11-13,16-21,25-26,28,34H,14-15,22-24H2,1-10H3. The topological polar surface area (TPSA) is 43.8 Å². The highest BCUT2D eigenvalue weighted by Crippen LogP contribution is 2.45. The number of rotatable bonds is 14. The van der Waals surface area contributed by atoms with Crippen LogP contribution in [0.5, 0.6) is 11.6 Å². The molecule has 1 unspecified atom stereocenters. The van der Waals surface area contributed by atoms with Crippen molar-refractivity contribution in [3.05, 3.63) is 77.2 Å². The largest absolute Gasteiger partial charge is 0.489 e. The number of halogens is 1. The van der Waals surface area contributed by atoms with E-state index in [9.17, 15) is 0 Å². The van der Waals surface area contributed by atoms with E-state index in [1.165, 1.54) is 24.6 Å². The normalized spacial score (nSPS) is 14.9. The van der Waals surface area contributed by atoms with Gasteiger partial charge in [0.2, 0.25) is 5.88 Å². The summed E-state index contributed by atoms with van der Waals surface area (Å²) in [6, 6.07) is 17.1. The van der Waals surface area contributed by atoms with Gasteiger partial charge in [-0.2, -0.15) is 0 Å². The van der Waals surface area contributed by atoms with Crippen LogP contribution in [0.2, 0.25) is 18.1 Å². The molecule has 240 valence electrons. The molecule has 2 aromatic carbocycles. The van der Waals surface area contributed by atoms with Gasteiger partial charge >= 0.3 is 0 Å². The zero-order valence-electron chi connectivity index (χ0n) is 28.5. The molecule has 44 heavy (non-hydrogen) atoms. The van der Waals surface area contributed by atoms with Gasteiger partial charge < -0.3 is 13.9 Å². The molecule has 0 aliphatic heterocycles. The summed E-state index contributed by atoms with van der Waals surface area (Å²) < 4.78 is 33.5. The van der Waals surface area contributed by atoms with E-state index in [0.717, 1.165) is 29.0 Å². The Morgan fingerprint density at radius 1 is 0.977 bits per heavy atom. The lowest BCUT2D eigenvalue weighted by molar-refractivity contribution is 0.166. The van der Waals surface area contributed by atoms with Crippen molar-refractivity contribution in [3.63, 3.8) is 0 Å². The first kappa shape index (κ1) is 34.1. The van der Waals surface area contributed by atoms with E-state index in [2.05, 4.69) is 102 Å². The van der Waals surface area contributed by atoms with E-state index in [4.69, 9.17) is 13.9 Å². The Kier molecular flexibility index (Phi) is 11.0. The second kappa shape index (κ2) is 14.1. The predicted octanol–water partition coefficient (Wildman–Crippen LogP) is 9.61. The van der Waals surface area contributed by atoms with Gasteiger partial charge in [-0.1, -0.05) is 51.1 Å². The number of aromatic nitrogens is 1. The van der Waals surface area contributed by atoms with Gasteiger partial charge in [-0.05, 0) is 99.0 Å². The number of hydrogen-bond donors (Lipinski definition) is 0. The zero-order chi connectivity index (χ0) is 32.2. The maximum atomic E-state index is 15.1. The minimum absolute atomic E-state index is 0.196. The van der Waals surface area contributed by atoms with Gasteiger partial charge in [0, 0.05) is 42.8 Å². The fourth-order valence-electron chi connectivity index (χ4n) is 5.55. The van der Waals surface area contributed by atoms with Gasteiger partial charge in [0.1, 0.15) is 18.2 Å².